The summed E-state index contributed by atoms with van der Waals surface area (Å²) < 4.78 is 7.47. The Bertz CT molecular complexity index is 723. The van der Waals surface area contributed by atoms with Gasteiger partial charge in [-0.2, -0.15) is 0 Å². The quantitative estimate of drug-likeness (QED) is 0.162. The highest BCUT2D eigenvalue weighted by molar-refractivity contribution is 14.1. The van der Waals surface area contributed by atoms with Crippen LogP contribution in [0, 0.1) is 28.6 Å². The SMILES string of the molecule is CC(C)(C)[Si](C)(C)OC1CC[C@@]2(C)C(=CC[C@@H]3[C@H]2C(I)C[C@]2(C)C(=O)CC[C@@H]32)C1. The summed E-state index contributed by atoms with van der Waals surface area (Å²) in [5, 5.41) is 0.274. The Morgan fingerprint density at radius 2 is 1.86 bits per heavy atom. The van der Waals surface area contributed by atoms with Crippen molar-refractivity contribution in [3.05, 3.63) is 11.6 Å². The van der Waals surface area contributed by atoms with Gasteiger partial charge in [-0.3, -0.25) is 4.79 Å². The minimum absolute atomic E-state index is 0.0443. The average molecular weight is 529 g/mol. The molecular formula is C25H41IO2Si. The molecule has 0 heterocycles. The third kappa shape index (κ3) is 3.46. The summed E-state index contributed by atoms with van der Waals surface area (Å²) in [5.74, 6) is 2.60. The number of carbonyl (C=O) groups is 1. The molecular weight excluding hydrogens is 487 g/mol. The molecule has 0 aromatic carbocycles. The van der Waals surface area contributed by atoms with Crippen molar-refractivity contribution in [1.29, 1.82) is 0 Å². The number of fused-ring (bicyclic) bond motifs is 5. The van der Waals surface area contributed by atoms with Crippen molar-refractivity contribution in [3.8, 4) is 0 Å². The standard InChI is InChI=1S/C25H41IO2Si/c1-23(2,3)29(6,7)28-17-12-13-24(4)16(14-17)8-9-18-19-10-11-21(27)25(19,5)15-20(26)22(18)24/h8,17-20,22H,9-15H2,1-7H3/t17?,18-,19-,20?,22-,24-,25-/m0/s1. The van der Waals surface area contributed by atoms with Gasteiger partial charge in [0.25, 0.3) is 0 Å². The smallest absolute Gasteiger partial charge is 0.192 e. The molecule has 164 valence electrons. The second kappa shape index (κ2) is 7.16. The van der Waals surface area contributed by atoms with Gasteiger partial charge in [-0.25, -0.2) is 0 Å². The van der Waals surface area contributed by atoms with Gasteiger partial charge in [-0.1, -0.05) is 68.9 Å². The van der Waals surface area contributed by atoms with Crippen molar-refractivity contribution >= 4 is 36.7 Å². The lowest BCUT2D eigenvalue weighted by molar-refractivity contribution is -0.131. The summed E-state index contributed by atoms with van der Waals surface area (Å²) in [6.07, 6.45) is 10.8. The fraction of sp³-hybridized carbons (Fsp3) is 0.880. The van der Waals surface area contributed by atoms with Crippen molar-refractivity contribution in [1.82, 2.24) is 0 Å². The number of hydrogen-bond acceptors (Lipinski definition) is 2. The minimum atomic E-state index is -1.72. The number of alkyl halides is 1. The van der Waals surface area contributed by atoms with E-state index in [4.69, 9.17) is 4.43 Å². The summed E-state index contributed by atoms with van der Waals surface area (Å²) in [5.41, 5.74) is 1.95. The lowest BCUT2D eigenvalue weighted by Crippen LogP contribution is -2.55. The van der Waals surface area contributed by atoms with Gasteiger partial charge in [0, 0.05) is 21.9 Å². The summed E-state index contributed by atoms with van der Waals surface area (Å²) in [4.78, 5) is 12.7. The molecule has 3 fully saturated rings. The first kappa shape index (κ1) is 22.5. The van der Waals surface area contributed by atoms with E-state index in [0.29, 0.717) is 33.1 Å². The highest BCUT2D eigenvalue weighted by Gasteiger charge is 2.61. The Morgan fingerprint density at radius 1 is 1.17 bits per heavy atom. The molecule has 0 aromatic rings. The molecule has 0 amide bonds. The molecule has 4 aliphatic rings. The molecule has 0 aromatic heterocycles. The average Bonchev–Trinajstić information content (AvgIpc) is 2.88. The second-order valence-corrected chi connectivity index (χ2v) is 18.9. The molecule has 7 atom stereocenters. The van der Waals surface area contributed by atoms with E-state index in [1.54, 1.807) is 5.57 Å². The van der Waals surface area contributed by atoms with E-state index in [1.165, 1.54) is 19.3 Å². The van der Waals surface area contributed by atoms with Crippen LogP contribution >= 0.6 is 22.6 Å². The van der Waals surface area contributed by atoms with Gasteiger partial charge in [-0.15, -0.1) is 0 Å². The topological polar surface area (TPSA) is 26.3 Å². The lowest BCUT2D eigenvalue weighted by atomic mass is 9.48. The van der Waals surface area contributed by atoms with E-state index in [1.807, 2.05) is 0 Å². The number of Topliss-reactive ketones (excluding diaryl/α,β-unsaturated/α-hetero) is 1. The van der Waals surface area contributed by atoms with Crippen molar-refractivity contribution in [2.24, 2.45) is 28.6 Å². The van der Waals surface area contributed by atoms with Crippen LogP contribution < -0.4 is 0 Å². The monoisotopic (exact) mass is 528 g/mol. The van der Waals surface area contributed by atoms with Crippen LogP contribution in [-0.4, -0.2) is 24.1 Å². The van der Waals surface area contributed by atoms with E-state index in [2.05, 4.69) is 76.4 Å². The van der Waals surface area contributed by atoms with Crippen LogP contribution in [0.2, 0.25) is 18.1 Å². The zero-order valence-corrected chi connectivity index (χ0v) is 22.8. The van der Waals surface area contributed by atoms with Gasteiger partial charge in [0.05, 0.1) is 0 Å². The first-order chi connectivity index (χ1) is 13.3. The summed E-state index contributed by atoms with van der Waals surface area (Å²) in [6, 6.07) is 0. The molecule has 0 spiro atoms. The van der Waals surface area contributed by atoms with Crippen molar-refractivity contribution < 1.29 is 9.22 Å². The van der Waals surface area contributed by atoms with Gasteiger partial charge in [0.1, 0.15) is 5.78 Å². The molecule has 0 radical (unpaired) electrons. The van der Waals surface area contributed by atoms with Gasteiger partial charge in [0.2, 0.25) is 0 Å². The summed E-state index contributed by atoms with van der Waals surface area (Å²) in [6.45, 7) is 16.7. The highest BCUT2D eigenvalue weighted by Crippen LogP contribution is 2.65. The summed E-state index contributed by atoms with van der Waals surface area (Å²) >= 11 is 2.72. The van der Waals surface area contributed by atoms with Crippen LogP contribution in [-0.2, 0) is 9.22 Å². The van der Waals surface area contributed by atoms with Crippen molar-refractivity contribution in [2.45, 2.75) is 108 Å². The zero-order chi connectivity index (χ0) is 21.4. The molecule has 4 aliphatic carbocycles. The molecule has 0 saturated heterocycles. The van der Waals surface area contributed by atoms with Gasteiger partial charge in [-0.05, 0) is 79.8 Å². The van der Waals surface area contributed by atoms with Crippen LogP contribution in [0.1, 0.15) is 79.6 Å². The molecule has 4 rings (SSSR count). The van der Waals surface area contributed by atoms with Crippen LogP contribution in [0.4, 0.5) is 0 Å². The number of carbonyl (C=O) groups excluding carboxylic acids is 1. The zero-order valence-electron chi connectivity index (χ0n) is 19.6. The lowest BCUT2D eigenvalue weighted by Gasteiger charge is -2.59. The van der Waals surface area contributed by atoms with E-state index >= 15 is 0 Å². The van der Waals surface area contributed by atoms with E-state index in [9.17, 15) is 4.79 Å². The minimum Gasteiger partial charge on any atom is -0.414 e. The van der Waals surface area contributed by atoms with Gasteiger partial charge >= 0.3 is 0 Å². The highest BCUT2D eigenvalue weighted by atomic mass is 127. The second-order valence-electron chi connectivity index (χ2n) is 12.5. The van der Waals surface area contributed by atoms with E-state index in [-0.39, 0.29) is 10.5 Å². The molecule has 0 N–H and O–H groups in total. The molecule has 29 heavy (non-hydrogen) atoms. The Kier molecular flexibility index (Phi) is 5.56. The Morgan fingerprint density at radius 3 is 2.52 bits per heavy atom. The number of halogens is 1. The number of ketones is 1. The maximum atomic E-state index is 12.7. The molecule has 2 nitrogen and oxygen atoms in total. The first-order valence-corrected chi connectivity index (χ1v) is 16.0. The Labute approximate surface area is 193 Å². The van der Waals surface area contributed by atoms with Crippen LogP contribution in [0.25, 0.3) is 0 Å². The summed E-state index contributed by atoms with van der Waals surface area (Å²) in [7, 11) is -1.72. The van der Waals surface area contributed by atoms with Crippen molar-refractivity contribution in [2.75, 3.05) is 0 Å². The molecule has 0 aliphatic heterocycles. The third-order valence-corrected chi connectivity index (χ3v) is 15.7. The fourth-order valence-corrected chi connectivity index (χ4v) is 10.8. The van der Waals surface area contributed by atoms with Gasteiger partial charge < -0.3 is 4.43 Å². The largest absolute Gasteiger partial charge is 0.414 e. The van der Waals surface area contributed by atoms with E-state index in [0.717, 1.165) is 31.6 Å². The molecule has 3 saturated carbocycles. The number of rotatable bonds is 2. The number of allylic oxidation sites excluding steroid dienone is 1. The predicted molar refractivity (Wildman–Crippen MR) is 132 cm³/mol. The normalized spacial score (nSPS) is 45.3. The maximum Gasteiger partial charge on any atom is 0.192 e. The van der Waals surface area contributed by atoms with Crippen LogP contribution in [0.3, 0.4) is 0 Å². The number of hydrogen-bond donors (Lipinski definition) is 0. The maximum absolute atomic E-state index is 12.7. The van der Waals surface area contributed by atoms with Crippen molar-refractivity contribution in [3.63, 3.8) is 0 Å². The third-order valence-electron chi connectivity index (χ3n) is 9.93. The molecule has 2 unspecified atom stereocenters. The fourth-order valence-electron chi connectivity index (χ4n) is 7.15. The Hall–Kier alpha value is 0.317. The van der Waals surface area contributed by atoms with Gasteiger partial charge in [0.15, 0.2) is 8.32 Å². The predicted octanol–water partition coefficient (Wildman–Crippen LogP) is 7.32. The van der Waals surface area contributed by atoms with Crippen LogP contribution in [0.5, 0.6) is 0 Å². The molecule has 4 heteroatoms. The van der Waals surface area contributed by atoms with E-state index < -0.39 is 8.32 Å². The van der Waals surface area contributed by atoms with Crippen LogP contribution in [0.15, 0.2) is 11.6 Å². The molecule has 0 bridgehead atoms. The first-order valence-electron chi connectivity index (χ1n) is 11.8. The Balaban J connectivity index is 1.57.